The van der Waals surface area contributed by atoms with Gasteiger partial charge in [0.05, 0.1) is 5.56 Å². The van der Waals surface area contributed by atoms with Gasteiger partial charge in [-0.2, -0.15) is 0 Å². The third-order valence-electron chi connectivity index (χ3n) is 4.33. The van der Waals surface area contributed by atoms with Crippen LogP contribution in [0.5, 0.6) is 0 Å². The Labute approximate surface area is 140 Å². The molecule has 0 aliphatic heterocycles. The number of amides is 2. The number of hydrogen-bond donors (Lipinski definition) is 3. The van der Waals surface area contributed by atoms with Crippen LogP contribution < -0.4 is 10.6 Å². The quantitative estimate of drug-likeness (QED) is 0.764. The van der Waals surface area contributed by atoms with E-state index in [1.54, 1.807) is 12.1 Å². The summed E-state index contributed by atoms with van der Waals surface area (Å²) >= 11 is 0. The molecule has 2 amide bonds. The molecule has 1 aliphatic rings. The van der Waals surface area contributed by atoms with E-state index in [1.165, 1.54) is 17.7 Å². The Morgan fingerprint density at radius 3 is 2.38 bits per heavy atom. The highest BCUT2D eigenvalue weighted by molar-refractivity contribution is 5.87. The summed E-state index contributed by atoms with van der Waals surface area (Å²) in [7, 11) is 0. The van der Waals surface area contributed by atoms with Gasteiger partial charge in [-0.05, 0) is 41.5 Å². The largest absolute Gasteiger partial charge is 0.478 e. The molecule has 2 atom stereocenters. The van der Waals surface area contributed by atoms with Gasteiger partial charge in [0.2, 0.25) is 0 Å². The van der Waals surface area contributed by atoms with E-state index < -0.39 is 5.97 Å². The highest BCUT2D eigenvalue weighted by atomic mass is 16.4. The standard InChI is InChI=1S/C19H20N2O3/c22-18(23)15-8-6-13(7-9-15)11-20-19(24)21-12-16-10-17(16)14-4-2-1-3-5-14/h1-9,16-17H,10-12H2,(H,22,23)(H2,20,21,24)/t16-,17-/m1/s1. The molecule has 0 saturated heterocycles. The van der Waals surface area contributed by atoms with E-state index in [1.807, 2.05) is 18.2 Å². The molecule has 1 aliphatic carbocycles. The van der Waals surface area contributed by atoms with Gasteiger partial charge in [-0.15, -0.1) is 0 Å². The maximum absolute atomic E-state index is 11.9. The summed E-state index contributed by atoms with van der Waals surface area (Å²) < 4.78 is 0. The first-order chi connectivity index (χ1) is 11.6. The fraction of sp³-hybridized carbons (Fsp3) is 0.263. The summed E-state index contributed by atoms with van der Waals surface area (Å²) in [5.41, 5.74) is 2.44. The Kier molecular flexibility index (Phi) is 4.79. The van der Waals surface area contributed by atoms with Gasteiger partial charge in [-0.3, -0.25) is 0 Å². The SMILES string of the molecule is O=C(NCc1ccc(C(=O)O)cc1)NC[C@H]1C[C@@H]1c1ccccc1. The molecule has 0 spiro atoms. The Bertz CT molecular complexity index is 713. The van der Waals surface area contributed by atoms with E-state index in [4.69, 9.17) is 5.11 Å². The number of carbonyl (C=O) groups is 2. The molecule has 0 heterocycles. The molecular weight excluding hydrogens is 304 g/mol. The Balaban J connectivity index is 1.38. The summed E-state index contributed by atoms with van der Waals surface area (Å²) in [6.45, 7) is 1.04. The van der Waals surface area contributed by atoms with Crippen molar-refractivity contribution >= 4 is 12.0 Å². The summed E-state index contributed by atoms with van der Waals surface area (Å²) in [6, 6.07) is 16.6. The fourth-order valence-corrected chi connectivity index (χ4v) is 2.82. The zero-order valence-corrected chi connectivity index (χ0v) is 13.2. The van der Waals surface area contributed by atoms with Crippen molar-refractivity contribution in [1.29, 1.82) is 0 Å². The summed E-state index contributed by atoms with van der Waals surface area (Å²) in [5.74, 6) is 0.104. The Hall–Kier alpha value is -2.82. The Morgan fingerprint density at radius 2 is 1.71 bits per heavy atom. The van der Waals surface area contributed by atoms with Crippen LogP contribution in [0.4, 0.5) is 4.79 Å². The lowest BCUT2D eigenvalue weighted by Gasteiger charge is -2.08. The maximum Gasteiger partial charge on any atom is 0.335 e. The second kappa shape index (κ2) is 7.17. The predicted octanol–water partition coefficient (Wildman–Crippen LogP) is 2.99. The third kappa shape index (κ3) is 4.13. The molecule has 2 aromatic rings. The van der Waals surface area contributed by atoms with E-state index in [2.05, 4.69) is 22.8 Å². The van der Waals surface area contributed by atoms with E-state index >= 15 is 0 Å². The molecule has 1 fully saturated rings. The lowest BCUT2D eigenvalue weighted by Crippen LogP contribution is -2.36. The zero-order valence-electron chi connectivity index (χ0n) is 13.2. The van der Waals surface area contributed by atoms with Crippen LogP contribution in [0, 0.1) is 5.92 Å². The van der Waals surface area contributed by atoms with E-state index in [0.29, 0.717) is 24.9 Å². The topological polar surface area (TPSA) is 78.4 Å². The number of aromatic carboxylic acids is 1. The van der Waals surface area contributed by atoms with Crippen LogP contribution >= 0.6 is 0 Å². The second-order valence-electron chi connectivity index (χ2n) is 6.08. The van der Waals surface area contributed by atoms with Crippen LogP contribution in [-0.2, 0) is 6.54 Å². The van der Waals surface area contributed by atoms with Crippen LogP contribution in [-0.4, -0.2) is 23.7 Å². The van der Waals surface area contributed by atoms with Gasteiger partial charge < -0.3 is 15.7 Å². The normalized spacial score (nSPS) is 18.7. The molecule has 0 radical (unpaired) electrons. The van der Waals surface area contributed by atoms with Gasteiger partial charge in [0.15, 0.2) is 0 Å². The van der Waals surface area contributed by atoms with Gasteiger partial charge in [0, 0.05) is 13.1 Å². The average molecular weight is 324 g/mol. The van der Waals surface area contributed by atoms with Crippen molar-refractivity contribution in [1.82, 2.24) is 10.6 Å². The first kappa shape index (κ1) is 16.1. The van der Waals surface area contributed by atoms with Crippen LogP contribution in [0.2, 0.25) is 0 Å². The molecule has 3 N–H and O–H groups in total. The first-order valence-electron chi connectivity index (χ1n) is 8.02. The molecule has 24 heavy (non-hydrogen) atoms. The van der Waals surface area contributed by atoms with Crippen molar-refractivity contribution in [2.75, 3.05) is 6.54 Å². The number of rotatable bonds is 6. The molecule has 0 aromatic heterocycles. The van der Waals surface area contributed by atoms with Crippen LogP contribution in [0.3, 0.4) is 0 Å². The van der Waals surface area contributed by atoms with Crippen molar-refractivity contribution in [3.63, 3.8) is 0 Å². The molecule has 124 valence electrons. The maximum atomic E-state index is 11.9. The van der Waals surface area contributed by atoms with Crippen molar-refractivity contribution in [2.24, 2.45) is 5.92 Å². The number of carboxylic acids is 1. The van der Waals surface area contributed by atoms with Gasteiger partial charge in [0.1, 0.15) is 0 Å². The highest BCUT2D eigenvalue weighted by Crippen LogP contribution is 2.46. The van der Waals surface area contributed by atoms with Crippen molar-refractivity contribution in [3.8, 4) is 0 Å². The van der Waals surface area contributed by atoms with E-state index in [9.17, 15) is 9.59 Å². The molecule has 1 saturated carbocycles. The zero-order chi connectivity index (χ0) is 16.9. The van der Waals surface area contributed by atoms with Crippen LogP contribution in [0.1, 0.15) is 33.8 Å². The fourth-order valence-electron chi connectivity index (χ4n) is 2.82. The van der Waals surface area contributed by atoms with Crippen LogP contribution in [0.15, 0.2) is 54.6 Å². The molecule has 5 heteroatoms. The monoisotopic (exact) mass is 324 g/mol. The number of carbonyl (C=O) groups excluding carboxylic acids is 1. The molecule has 0 bridgehead atoms. The highest BCUT2D eigenvalue weighted by Gasteiger charge is 2.37. The molecular formula is C19H20N2O3. The minimum Gasteiger partial charge on any atom is -0.478 e. The third-order valence-corrected chi connectivity index (χ3v) is 4.33. The summed E-state index contributed by atoms with van der Waals surface area (Å²) in [4.78, 5) is 22.6. The van der Waals surface area contributed by atoms with Crippen molar-refractivity contribution in [2.45, 2.75) is 18.9 Å². The molecule has 0 unspecified atom stereocenters. The molecule has 5 nitrogen and oxygen atoms in total. The van der Waals surface area contributed by atoms with Gasteiger partial charge >= 0.3 is 12.0 Å². The minimum absolute atomic E-state index is 0.198. The van der Waals surface area contributed by atoms with Gasteiger partial charge in [-0.25, -0.2) is 9.59 Å². The van der Waals surface area contributed by atoms with Gasteiger partial charge in [-0.1, -0.05) is 42.5 Å². The number of hydrogen-bond acceptors (Lipinski definition) is 2. The van der Waals surface area contributed by atoms with Crippen LogP contribution in [0.25, 0.3) is 0 Å². The second-order valence-corrected chi connectivity index (χ2v) is 6.08. The van der Waals surface area contributed by atoms with E-state index in [0.717, 1.165) is 12.0 Å². The van der Waals surface area contributed by atoms with Crippen molar-refractivity contribution < 1.29 is 14.7 Å². The lowest BCUT2D eigenvalue weighted by atomic mass is 10.1. The summed E-state index contributed by atoms with van der Waals surface area (Å²) in [6.07, 6.45) is 1.11. The molecule has 3 rings (SSSR count). The van der Waals surface area contributed by atoms with Crippen molar-refractivity contribution in [3.05, 3.63) is 71.3 Å². The van der Waals surface area contributed by atoms with Gasteiger partial charge in [0.25, 0.3) is 0 Å². The number of urea groups is 1. The van der Waals surface area contributed by atoms with E-state index in [-0.39, 0.29) is 11.6 Å². The molecule has 2 aromatic carbocycles. The number of nitrogens with one attached hydrogen (secondary N) is 2. The first-order valence-corrected chi connectivity index (χ1v) is 8.02. The average Bonchev–Trinajstić information content (AvgIpc) is 3.39. The number of carboxylic acid groups (broad SMARTS) is 1. The predicted molar refractivity (Wildman–Crippen MR) is 90.9 cm³/mol. The lowest BCUT2D eigenvalue weighted by molar-refractivity contribution is 0.0697. The Morgan fingerprint density at radius 1 is 1.00 bits per heavy atom. The smallest absolute Gasteiger partial charge is 0.335 e. The number of benzene rings is 2. The minimum atomic E-state index is -0.954. The summed E-state index contributed by atoms with van der Waals surface area (Å²) in [5, 5.41) is 14.5.